The van der Waals surface area contributed by atoms with Gasteiger partial charge in [-0.1, -0.05) is 48.0 Å². The summed E-state index contributed by atoms with van der Waals surface area (Å²) in [5.41, 5.74) is 6.32. The maximum Gasteiger partial charge on any atom is 0.416 e. The van der Waals surface area contributed by atoms with Gasteiger partial charge in [-0.3, -0.25) is 0 Å². The molecule has 0 fully saturated rings. The number of rotatable bonds is 5. The highest BCUT2D eigenvalue weighted by atomic mass is 19.4. The summed E-state index contributed by atoms with van der Waals surface area (Å²) >= 11 is 0. The first-order chi connectivity index (χ1) is 16.3. The Labute approximate surface area is 195 Å². The maximum atomic E-state index is 12.7. The Morgan fingerprint density at radius 3 is 2.26 bits per heavy atom. The second kappa shape index (κ2) is 8.71. The molecule has 5 aromatic rings. The van der Waals surface area contributed by atoms with Gasteiger partial charge in [0.05, 0.1) is 11.3 Å². The van der Waals surface area contributed by atoms with Crippen LogP contribution in [0.1, 0.15) is 16.7 Å². The molecule has 0 atom stereocenters. The van der Waals surface area contributed by atoms with Gasteiger partial charge in [-0.2, -0.15) is 13.2 Å². The largest absolute Gasteiger partial charge is 0.489 e. The van der Waals surface area contributed by atoms with Gasteiger partial charge in [-0.05, 0) is 66.1 Å². The monoisotopic (exact) mass is 458 g/mol. The highest BCUT2D eigenvalue weighted by molar-refractivity contribution is 5.68. The Bertz CT molecular complexity index is 1440. The molecule has 170 valence electrons. The Morgan fingerprint density at radius 2 is 1.53 bits per heavy atom. The number of ether oxygens (including phenoxy) is 1. The van der Waals surface area contributed by atoms with Gasteiger partial charge in [-0.25, -0.2) is 4.98 Å². The third-order valence-corrected chi connectivity index (χ3v) is 5.65. The molecule has 2 heterocycles. The molecule has 5 rings (SSSR count). The van der Waals surface area contributed by atoms with Crippen LogP contribution in [0.25, 0.3) is 28.0 Å². The lowest BCUT2D eigenvalue weighted by Crippen LogP contribution is -2.04. The summed E-state index contributed by atoms with van der Waals surface area (Å²) < 4.78 is 45.9. The van der Waals surface area contributed by atoms with Crippen LogP contribution in [0.3, 0.4) is 0 Å². The van der Waals surface area contributed by atoms with Crippen molar-refractivity contribution in [2.45, 2.75) is 19.7 Å². The summed E-state index contributed by atoms with van der Waals surface area (Å²) in [6, 6.07) is 24.9. The Hall–Kier alpha value is -4.06. The van der Waals surface area contributed by atoms with E-state index in [9.17, 15) is 13.2 Å². The van der Waals surface area contributed by atoms with Crippen LogP contribution >= 0.6 is 0 Å². The molecule has 0 aliphatic rings. The van der Waals surface area contributed by atoms with E-state index >= 15 is 0 Å². The third-order valence-electron chi connectivity index (χ3n) is 5.65. The van der Waals surface area contributed by atoms with Crippen LogP contribution in [0.4, 0.5) is 13.2 Å². The van der Waals surface area contributed by atoms with Crippen LogP contribution in [0.5, 0.6) is 5.75 Å². The van der Waals surface area contributed by atoms with Crippen molar-refractivity contribution in [1.29, 1.82) is 0 Å². The number of alkyl halides is 3. The van der Waals surface area contributed by atoms with E-state index in [1.807, 2.05) is 53.2 Å². The Morgan fingerprint density at radius 1 is 0.794 bits per heavy atom. The van der Waals surface area contributed by atoms with Gasteiger partial charge < -0.3 is 9.14 Å². The van der Waals surface area contributed by atoms with Gasteiger partial charge in [0.1, 0.15) is 18.0 Å². The summed E-state index contributed by atoms with van der Waals surface area (Å²) in [5.74, 6) is 0.391. The SMILES string of the molecule is Cc1ccc(-c2cn3cc(-c4cccc(COc5ccc(C(F)(F)F)cc5)c4)ccc3n2)cc1. The number of benzene rings is 3. The van der Waals surface area contributed by atoms with Crippen molar-refractivity contribution in [3.63, 3.8) is 0 Å². The zero-order chi connectivity index (χ0) is 23.7. The average Bonchev–Trinajstić information content (AvgIpc) is 3.26. The van der Waals surface area contributed by atoms with E-state index in [4.69, 9.17) is 9.72 Å². The maximum absolute atomic E-state index is 12.7. The first-order valence-corrected chi connectivity index (χ1v) is 10.8. The number of nitrogens with zero attached hydrogens (tertiary/aromatic N) is 2. The van der Waals surface area contributed by atoms with Gasteiger partial charge in [0.25, 0.3) is 0 Å². The van der Waals surface area contributed by atoms with Crippen LogP contribution in [0.2, 0.25) is 0 Å². The minimum atomic E-state index is -4.36. The van der Waals surface area contributed by atoms with Crippen LogP contribution < -0.4 is 4.74 Å². The molecule has 3 nitrogen and oxygen atoms in total. The fourth-order valence-corrected chi connectivity index (χ4v) is 3.77. The highest BCUT2D eigenvalue weighted by Crippen LogP contribution is 2.30. The topological polar surface area (TPSA) is 26.5 Å². The molecule has 6 heteroatoms. The number of fused-ring (bicyclic) bond motifs is 1. The quantitative estimate of drug-likeness (QED) is 0.271. The molecule has 0 amide bonds. The lowest BCUT2D eigenvalue weighted by Gasteiger charge is -2.10. The van der Waals surface area contributed by atoms with Gasteiger partial charge >= 0.3 is 6.18 Å². The summed E-state index contributed by atoms with van der Waals surface area (Å²) in [6.45, 7) is 2.31. The number of aryl methyl sites for hydroxylation is 1. The Balaban J connectivity index is 1.34. The second-order valence-electron chi connectivity index (χ2n) is 8.19. The normalized spacial score (nSPS) is 11.6. The molecule has 0 saturated heterocycles. The van der Waals surface area contributed by atoms with Crippen molar-refractivity contribution in [3.05, 3.63) is 114 Å². The van der Waals surface area contributed by atoms with Crippen LogP contribution in [-0.4, -0.2) is 9.38 Å². The molecule has 0 spiro atoms. The van der Waals surface area contributed by atoms with E-state index in [0.717, 1.165) is 45.7 Å². The molecule has 0 bridgehead atoms. The van der Waals surface area contributed by atoms with Crippen LogP contribution in [0.15, 0.2) is 97.3 Å². The highest BCUT2D eigenvalue weighted by Gasteiger charge is 2.30. The fraction of sp³-hybridized carbons (Fsp3) is 0.107. The van der Waals surface area contributed by atoms with Gasteiger partial charge in [-0.15, -0.1) is 0 Å². The molecular formula is C28H21F3N2O. The number of pyridine rings is 1. The minimum absolute atomic E-state index is 0.254. The van der Waals surface area contributed by atoms with E-state index in [2.05, 4.69) is 31.2 Å². The second-order valence-corrected chi connectivity index (χ2v) is 8.19. The first kappa shape index (κ1) is 21.8. The molecule has 3 aromatic carbocycles. The van der Waals surface area contributed by atoms with Crippen molar-refractivity contribution in [1.82, 2.24) is 9.38 Å². The summed E-state index contributed by atoms with van der Waals surface area (Å²) in [6.07, 6.45) is -0.305. The number of halogens is 3. The van der Waals surface area contributed by atoms with Crippen LogP contribution in [0, 0.1) is 6.92 Å². The number of imidazole rings is 1. The minimum Gasteiger partial charge on any atom is -0.489 e. The van der Waals surface area contributed by atoms with Gasteiger partial charge in [0.15, 0.2) is 0 Å². The molecule has 0 aliphatic heterocycles. The zero-order valence-electron chi connectivity index (χ0n) is 18.4. The van der Waals surface area contributed by atoms with E-state index in [1.54, 1.807) is 0 Å². The van der Waals surface area contributed by atoms with Gasteiger partial charge in [0, 0.05) is 18.0 Å². The Kier molecular flexibility index (Phi) is 5.57. The number of hydrogen-bond donors (Lipinski definition) is 0. The summed E-state index contributed by atoms with van der Waals surface area (Å²) in [7, 11) is 0. The van der Waals surface area contributed by atoms with Crippen molar-refractivity contribution in [2.24, 2.45) is 0 Å². The molecule has 0 saturated carbocycles. The lowest BCUT2D eigenvalue weighted by molar-refractivity contribution is -0.137. The smallest absolute Gasteiger partial charge is 0.416 e. The standard InChI is InChI=1S/C28H21F3N2O/c1-19-5-7-21(8-6-19)26-17-33-16-23(9-14-27(33)32-26)22-4-2-3-20(15-22)18-34-25-12-10-24(11-13-25)28(29,30)31/h2-17H,18H2,1H3. The molecule has 0 radical (unpaired) electrons. The van der Waals surface area contributed by atoms with E-state index in [1.165, 1.54) is 17.7 Å². The lowest BCUT2D eigenvalue weighted by atomic mass is 10.1. The first-order valence-electron chi connectivity index (χ1n) is 10.8. The van der Waals surface area contributed by atoms with Crippen molar-refractivity contribution in [3.8, 4) is 28.1 Å². The van der Waals surface area contributed by atoms with E-state index in [0.29, 0.717) is 5.75 Å². The molecule has 0 aliphatic carbocycles. The third kappa shape index (κ3) is 4.66. The van der Waals surface area contributed by atoms with Crippen molar-refractivity contribution in [2.75, 3.05) is 0 Å². The predicted molar refractivity (Wildman–Crippen MR) is 127 cm³/mol. The molecule has 0 unspecified atom stereocenters. The summed E-state index contributed by atoms with van der Waals surface area (Å²) in [4.78, 5) is 4.72. The predicted octanol–water partition coefficient (Wildman–Crippen LogP) is 7.57. The zero-order valence-corrected chi connectivity index (χ0v) is 18.4. The van der Waals surface area contributed by atoms with Crippen LogP contribution in [-0.2, 0) is 12.8 Å². The molecule has 0 N–H and O–H groups in total. The number of aromatic nitrogens is 2. The molecular weight excluding hydrogens is 437 g/mol. The van der Waals surface area contributed by atoms with E-state index in [-0.39, 0.29) is 6.61 Å². The van der Waals surface area contributed by atoms with Gasteiger partial charge in [0.2, 0.25) is 0 Å². The van der Waals surface area contributed by atoms with E-state index < -0.39 is 11.7 Å². The average molecular weight is 458 g/mol. The van der Waals surface area contributed by atoms with Crippen molar-refractivity contribution >= 4 is 5.65 Å². The molecule has 2 aromatic heterocycles. The fourth-order valence-electron chi connectivity index (χ4n) is 3.77. The number of hydrogen-bond acceptors (Lipinski definition) is 2. The molecule has 34 heavy (non-hydrogen) atoms. The van der Waals surface area contributed by atoms with Crippen molar-refractivity contribution < 1.29 is 17.9 Å². The summed E-state index contributed by atoms with van der Waals surface area (Å²) in [5, 5.41) is 0.